The van der Waals surface area contributed by atoms with Crippen molar-refractivity contribution in [1.82, 2.24) is 0 Å². The van der Waals surface area contributed by atoms with Crippen LogP contribution in [0, 0.1) is 23.7 Å². The Kier molecular flexibility index (Phi) is 6.24. The molecule has 0 amide bonds. The third-order valence-electron chi connectivity index (χ3n) is 9.54. The molecule has 6 unspecified atom stereocenters. The summed E-state index contributed by atoms with van der Waals surface area (Å²) in [5, 5.41) is 9.26. The molecule has 8 heteroatoms. The molecule has 0 aromatic heterocycles. The van der Waals surface area contributed by atoms with Gasteiger partial charge in [0.15, 0.2) is 5.60 Å². The predicted molar refractivity (Wildman–Crippen MR) is 136 cm³/mol. The van der Waals surface area contributed by atoms with Crippen molar-refractivity contribution in [3.63, 3.8) is 0 Å². The molecular formula is C28H39BO7. The summed E-state index contributed by atoms with van der Waals surface area (Å²) in [6.45, 7) is 12.6. The smallest absolute Gasteiger partial charge is 0.478 e. The summed E-state index contributed by atoms with van der Waals surface area (Å²) >= 11 is 0. The number of carbonyl (C=O) groups is 1. The van der Waals surface area contributed by atoms with Crippen molar-refractivity contribution >= 4 is 24.6 Å². The van der Waals surface area contributed by atoms with E-state index in [1.165, 1.54) is 6.42 Å². The van der Waals surface area contributed by atoms with Gasteiger partial charge in [0.25, 0.3) is 5.79 Å². The SMILES string of the molecule is COC1(c2ccc(/C=C/C(=O)O)c(B3OC(C)(C)C(C)(C)O3)c2)OOC12C(C)CC1CC(C)CC2C1. The van der Waals surface area contributed by atoms with Crippen molar-refractivity contribution in [2.45, 2.75) is 89.8 Å². The van der Waals surface area contributed by atoms with Gasteiger partial charge >= 0.3 is 13.1 Å². The molecule has 4 aliphatic rings. The summed E-state index contributed by atoms with van der Waals surface area (Å²) < 4.78 is 19.0. The molecule has 2 bridgehead atoms. The van der Waals surface area contributed by atoms with Gasteiger partial charge in [0.2, 0.25) is 0 Å². The maximum Gasteiger partial charge on any atom is 0.495 e. The molecule has 2 aliphatic heterocycles. The van der Waals surface area contributed by atoms with Crippen LogP contribution in [0.1, 0.15) is 78.4 Å². The number of fused-ring (bicyclic) bond motifs is 3. The van der Waals surface area contributed by atoms with Crippen LogP contribution in [0.3, 0.4) is 0 Å². The summed E-state index contributed by atoms with van der Waals surface area (Å²) in [7, 11) is 1.01. The van der Waals surface area contributed by atoms with Crippen LogP contribution in [0.25, 0.3) is 6.08 Å². The number of rotatable bonds is 5. The molecule has 2 saturated heterocycles. The van der Waals surface area contributed by atoms with E-state index in [1.807, 2.05) is 45.9 Å². The third kappa shape index (κ3) is 3.71. The van der Waals surface area contributed by atoms with Gasteiger partial charge in [-0.15, -0.1) is 0 Å². The van der Waals surface area contributed by atoms with Crippen LogP contribution in [0.15, 0.2) is 24.3 Å². The summed E-state index contributed by atoms with van der Waals surface area (Å²) in [5.74, 6) is -0.140. The summed E-state index contributed by atoms with van der Waals surface area (Å²) in [6, 6.07) is 5.84. The third-order valence-corrected chi connectivity index (χ3v) is 9.54. The van der Waals surface area contributed by atoms with Crippen LogP contribution < -0.4 is 5.46 Å². The maximum absolute atomic E-state index is 11.3. The van der Waals surface area contributed by atoms with Gasteiger partial charge in [-0.1, -0.05) is 32.0 Å². The average Bonchev–Trinajstić information content (AvgIpc) is 2.98. The molecule has 2 saturated carbocycles. The number of benzene rings is 1. The molecule has 4 fully saturated rings. The Morgan fingerprint density at radius 3 is 2.33 bits per heavy atom. The van der Waals surface area contributed by atoms with E-state index in [0.717, 1.165) is 36.4 Å². The summed E-state index contributed by atoms with van der Waals surface area (Å²) in [4.78, 5) is 23.4. The minimum Gasteiger partial charge on any atom is -0.478 e. The first kappa shape index (κ1) is 25.9. The lowest BCUT2D eigenvalue weighted by molar-refractivity contribution is -0.641. The largest absolute Gasteiger partial charge is 0.495 e. The Balaban J connectivity index is 1.60. The minimum absolute atomic E-state index is 0.259. The van der Waals surface area contributed by atoms with Crippen molar-refractivity contribution in [2.75, 3.05) is 7.11 Å². The number of aliphatic carboxylic acids is 1. The van der Waals surface area contributed by atoms with Gasteiger partial charge in [-0.05, 0) is 94.2 Å². The zero-order chi connectivity index (χ0) is 26.1. The van der Waals surface area contributed by atoms with Crippen LogP contribution in [-0.4, -0.2) is 42.1 Å². The van der Waals surface area contributed by atoms with Crippen LogP contribution in [0.2, 0.25) is 0 Å². The monoisotopic (exact) mass is 498 g/mol. The fourth-order valence-electron chi connectivity index (χ4n) is 7.17. The van der Waals surface area contributed by atoms with Crippen molar-refractivity contribution in [3.05, 3.63) is 35.4 Å². The highest BCUT2D eigenvalue weighted by Crippen LogP contribution is 2.64. The molecule has 5 rings (SSSR count). The molecule has 36 heavy (non-hydrogen) atoms. The number of methoxy groups -OCH3 is 1. The molecule has 7 nitrogen and oxygen atoms in total. The predicted octanol–water partition coefficient (Wildman–Crippen LogP) is 4.68. The molecule has 2 heterocycles. The highest BCUT2D eigenvalue weighted by Gasteiger charge is 2.73. The van der Waals surface area contributed by atoms with E-state index >= 15 is 0 Å². The van der Waals surface area contributed by atoms with E-state index in [1.54, 1.807) is 13.2 Å². The first-order chi connectivity index (χ1) is 16.8. The first-order valence-electron chi connectivity index (χ1n) is 13.2. The molecule has 0 radical (unpaired) electrons. The van der Waals surface area contributed by atoms with E-state index in [9.17, 15) is 9.90 Å². The molecular weight excluding hydrogens is 459 g/mol. The van der Waals surface area contributed by atoms with E-state index in [-0.39, 0.29) is 5.92 Å². The lowest BCUT2D eigenvalue weighted by Crippen LogP contribution is -2.74. The van der Waals surface area contributed by atoms with Gasteiger partial charge in [0.05, 0.1) is 11.2 Å². The number of hydrogen-bond donors (Lipinski definition) is 1. The van der Waals surface area contributed by atoms with E-state index in [4.69, 9.17) is 23.8 Å². The van der Waals surface area contributed by atoms with Crippen LogP contribution in [0.5, 0.6) is 0 Å². The second-order valence-corrected chi connectivity index (χ2v) is 12.4. The van der Waals surface area contributed by atoms with Gasteiger partial charge in [-0.25, -0.2) is 9.68 Å². The molecule has 6 atom stereocenters. The first-order valence-corrected chi connectivity index (χ1v) is 13.2. The van der Waals surface area contributed by atoms with Gasteiger partial charge in [-0.3, -0.25) is 0 Å². The summed E-state index contributed by atoms with van der Waals surface area (Å²) in [6.07, 6.45) is 7.27. The van der Waals surface area contributed by atoms with Crippen LogP contribution >= 0.6 is 0 Å². The van der Waals surface area contributed by atoms with E-state index in [2.05, 4.69) is 13.8 Å². The van der Waals surface area contributed by atoms with Gasteiger partial charge < -0.3 is 19.2 Å². The van der Waals surface area contributed by atoms with Crippen molar-refractivity contribution in [1.29, 1.82) is 0 Å². The normalized spacial score (nSPS) is 38.9. The number of hydrogen-bond acceptors (Lipinski definition) is 6. The second kappa shape index (κ2) is 8.67. The molecule has 2 aliphatic carbocycles. The zero-order valence-corrected chi connectivity index (χ0v) is 22.5. The fourth-order valence-corrected chi connectivity index (χ4v) is 7.17. The van der Waals surface area contributed by atoms with E-state index in [0.29, 0.717) is 23.3 Å². The van der Waals surface area contributed by atoms with Crippen molar-refractivity contribution in [2.24, 2.45) is 23.7 Å². The van der Waals surface area contributed by atoms with Gasteiger partial charge in [0, 0.05) is 18.7 Å². The molecule has 1 aromatic carbocycles. The fraction of sp³-hybridized carbons (Fsp3) is 0.679. The number of ether oxygens (including phenoxy) is 1. The van der Waals surface area contributed by atoms with Gasteiger partial charge in [0.1, 0.15) is 0 Å². The molecule has 1 aromatic rings. The maximum atomic E-state index is 11.3. The number of carboxylic acids is 1. The highest BCUT2D eigenvalue weighted by atomic mass is 17.3. The Hall–Kier alpha value is -1.71. The standard InChI is InChI=1S/C28H39BO7/c1-17-12-19-14-18(2)27(22(13-17)15-19)28(32-7,36-35-27)21-10-8-20(9-11-24(30)31)23(16-21)29-33-25(3,4)26(5,6)34-29/h8-11,16-19,22H,12-15H2,1-7H3,(H,30,31)/b11-9+. The highest BCUT2D eigenvalue weighted by molar-refractivity contribution is 6.63. The van der Waals surface area contributed by atoms with Crippen LogP contribution in [-0.2, 0) is 34.4 Å². The topological polar surface area (TPSA) is 83.5 Å². The van der Waals surface area contributed by atoms with Crippen molar-refractivity contribution < 1.29 is 33.7 Å². The molecule has 1 N–H and O–H groups in total. The molecule has 196 valence electrons. The Morgan fingerprint density at radius 2 is 1.75 bits per heavy atom. The second-order valence-electron chi connectivity index (χ2n) is 12.4. The summed E-state index contributed by atoms with van der Waals surface area (Å²) in [5.41, 5.74) is 0.619. The molecule has 1 spiro atoms. The minimum atomic E-state index is -1.06. The van der Waals surface area contributed by atoms with Crippen LogP contribution in [0.4, 0.5) is 0 Å². The Labute approximate surface area is 214 Å². The van der Waals surface area contributed by atoms with E-state index < -0.39 is 35.7 Å². The van der Waals surface area contributed by atoms with Crippen molar-refractivity contribution in [3.8, 4) is 0 Å². The lowest BCUT2D eigenvalue weighted by atomic mass is 9.54. The zero-order valence-electron chi connectivity index (χ0n) is 22.5. The lowest BCUT2D eigenvalue weighted by Gasteiger charge is -2.65. The quantitative estimate of drug-likeness (QED) is 0.359. The Bertz CT molecular complexity index is 1040. The Morgan fingerprint density at radius 1 is 1.06 bits per heavy atom. The number of carboxylic acid groups (broad SMARTS) is 1. The average molecular weight is 498 g/mol. The van der Waals surface area contributed by atoms with Gasteiger partial charge in [-0.2, -0.15) is 4.89 Å².